The number of nitro benzene ring substituents is 1. The van der Waals surface area contributed by atoms with Crippen molar-refractivity contribution in [2.24, 2.45) is 0 Å². The Labute approximate surface area is 112 Å². The van der Waals surface area contributed by atoms with Gasteiger partial charge in [-0.2, -0.15) is 4.39 Å². The molecule has 0 spiro atoms. The maximum absolute atomic E-state index is 13.1. The second-order valence-corrected chi connectivity index (χ2v) is 3.93. The molecule has 0 aliphatic rings. The molecule has 1 amide bonds. The normalized spacial score (nSPS) is 11.6. The van der Waals surface area contributed by atoms with Crippen molar-refractivity contribution >= 4 is 23.3 Å². The Hall–Kier alpha value is -2.77. The molecule has 1 aromatic rings. The topological polar surface area (TPSA) is 110 Å². The van der Waals surface area contributed by atoms with E-state index >= 15 is 0 Å². The van der Waals surface area contributed by atoms with Gasteiger partial charge in [-0.25, -0.2) is 4.79 Å². The van der Waals surface area contributed by atoms with Gasteiger partial charge in [-0.3, -0.25) is 14.9 Å². The lowest BCUT2D eigenvalue weighted by atomic mass is 10.1. The predicted octanol–water partition coefficient (Wildman–Crippen LogP) is 2.09. The minimum Gasteiger partial charge on any atom is -0.478 e. The molecule has 8 heteroatoms. The summed E-state index contributed by atoms with van der Waals surface area (Å²) in [6.07, 6.45) is 0. The van der Waals surface area contributed by atoms with Crippen LogP contribution in [0.3, 0.4) is 0 Å². The first-order valence-corrected chi connectivity index (χ1v) is 5.40. The van der Waals surface area contributed by atoms with Gasteiger partial charge in [-0.1, -0.05) is 0 Å². The molecular weight excluding hydrogens is 271 g/mol. The number of halogens is 1. The van der Waals surface area contributed by atoms with Gasteiger partial charge in [0.25, 0.3) is 5.91 Å². The van der Waals surface area contributed by atoms with Crippen LogP contribution in [0.2, 0.25) is 0 Å². The number of anilines is 1. The molecule has 0 fully saturated rings. The molecule has 20 heavy (non-hydrogen) atoms. The van der Waals surface area contributed by atoms with E-state index in [1.165, 1.54) is 13.8 Å². The minimum atomic E-state index is -1.25. The molecule has 7 nitrogen and oxygen atoms in total. The highest BCUT2D eigenvalue weighted by molar-refractivity contribution is 6.08. The average molecular weight is 282 g/mol. The monoisotopic (exact) mass is 282 g/mol. The lowest BCUT2D eigenvalue weighted by molar-refractivity contribution is -0.387. The van der Waals surface area contributed by atoms with Crippen LogP contribution in [0.15, 0.2) is 29.3 Å². The molecular formula is C12H11FN2O5. The van der Waals surface area contributed by atoms with Gasteiger partial charge >= 0.3 is 11.7 Å². The third-order valence-corrected chi connectivity index (χ3v) is 2.62. The van der Waals surface area contributed by atoms with E-state index in [4.69, 9.17) is 5.11 Å². The molecule has 0 aliphatic heterocycles. The molecule has 0 saturated carbocycles. The van der Waals surface area contributed by atoms with Crippen molar-refractivity contribution in [2.45, 2.75) is 13.8 Å². The van der Waals surface area contributed by atoms with E-state index in [2.05, 4.69) is 5.32 Å². The van der Waals surface area contributed by atoms with Crippen LogP contribution < -0.4 is 5.32 Å². The first-order valence-electron chi connectivity index (χ1n) is 5.40. The van der Waals surface area contributed by atoms with E-state index in [1.54, 1.807) is 0 Å². The van der Waals surface area contributed by atoms with Crippen LogP contribution in [0.5, 0.6) is 0 Å². The maximum atomic E-state index is 13.1. The Balaban J connectivity index is 3.03. The number of amides is 1. The van der Waals surface area contributed by atoms with Gasteiger partial charge in [0.15, 0.2) is 0 Å². The lowest BCUT2D eigenvalue weighted by Gasteiger charge is -2.07. The van der Waals surface area contributed by atoms with Crippen molar-refractivity contribution in [3.8, 4) is 0 Å². The third-order valence-electron chi connectivity index (χ3n) is 2.62. The second-order valence-electron chi connectivity index (χ2n) is 3.93. The van der Waals surface area contributed by atoms with E-state index in [1.807, 2.05) is 0 Å². The third kappa shape index (κ3) is 3.37. The summed E-state index contributed by atoms with van der Waals surface area (Å²) in [6.45, 7) is 2.56. The van der Waals surface area contributed by atoms with Crippen LogP contribution in [0.4, 0.5) is 15.8 Å². The number of carboxylic acids is 1. The molecule has 1 rings (SSSR count). The van der Waals surface area contributed by atoms with E-state index in [0.717, 1.165) is 18.2 Å². The number of carboxylic acid groups (broad SMARTS) is 1. The van der Waals surface area contributed by atoms with E-state index in [0.29, 0.717) is 0 Å². The molecule has 0 radical (unpaired) electrons. The molecule has 0 heterocycles. The smallest absolute Gasteiger partial charge is 0.331 e. The Morgan fingerprint density at radius 3 is 2.40 bits per heavy atom. The Morgan fingerprint density at radius 2 is 1.90 bits per heavy atom. The summed E-state index contributed by atoms with van der Waals surface area (Å²) in [4.78, 5) is 32.1. The van der Waals surface area contributed by atoms with Gasteiger partial charge in [0, 0.05) is 22.9 Å². The second kappa shape index (κ2) is 5.91. The van der Waals surface area contributed by atoms with Gasteiger partial charge in [-0.15, -0.1) is 0 Å². The number of aliphatic carboxylic acids is 1. The van der Waals surface area contributed by atoms with Crippen LogP contribution in [-0.2, 0) is 9.59 Å². The fraction of sp³-hybridized carbons (Fsp3) is 0.167. The highest BCUT2D eigenvalue weighted by Crippen LogP contribution is 2.22. The zero-order chi connectivity index (χ0) is 15.4. The molecule has 0 bridgehead atoms. The number of rotatable bonds is 4. The highest BCUT2D eigenvalue weighted by atomic mass is 19.1. The summed E-state index contributed by atoms with van der Waals surface area (Å²) < 4.78 is 13.1. The van der Waals surface area contributed by atoms with Gasteiger partial charge in [0.1, 0.15) is 0 Å². The molecule has 2 N–H and O–H groups in total. The van der Waals surface area contributed by atoms with E-state index in [9.17, 15) is 24.1 Å². The van der Waals surface area contributed by atoms with Gasteiger partial charge < -0.3 is 10.4 Å². The van der Waals surface area contributed by atoms with Crippen molar-refractivity contribution in [1.29, 1.82) is 0 Å². The van der Waals surface area contributed by atoms with Crippen molar-refractivity contribution in [3.63, 3.8) is 0 Å². The summed E-state index contributed by atoms with van der Waals surface area (Å²) in [5.41, 5.74) is -0.983. The minimum absolute atomic E-state index is 0.000591. The SMILES string of the molecule is CC(C(=O)O)=C(C)C(=O)Nc1ccc(F)c([N+](=O)[O-])c1. The zero-order valence-electron chi connectivity index (χ0n) is 10.6. The maximum Gasteiger partial charge on any atom is 0.331 e. The van der Waals surface area contributed by atoms with Crippen LogP contribution in [-0.4, -0.2) is 21.9 Å². The number of carbonyl (C=O) groups excluding carboxylic acids is 1. The predicted molar refractivity (Wildman–Crippen MR) is 67.7 cm³/mol. The van der Waals surface area contributed by atoms with E-state index < -0.39 is 28.3 Å². The molecule has 0 atom stereocenters. The van der Waals surface area contributed by atoms with Crippen LogP contribution >= 0.6 is 0 Å². The molecule has 0 aromatic heterocycles. The lowest BCUT2D eigenvalue weighted by Crippen LogP contribution is -2.16. The Morgan fingerprint density at radius 1 is 1.30 bits per heavy atom. The first-order chi connectivity index (χ1) is 9.23. The van der Waals surface area contributed by atoms with Crippen LogP contribution in [0.1, 0.15) is 13.8 Å². The molecule has 0 aliphatic carbocycles. The summed E-state index contributed by atoms with van der Waals surface area (Å²) in [6, 6.07) is 2.84. The molecule has 0 saturated heterocycles. The summed E-state index contributed by atoms with van der Waals surface area (Å²) >= 11 is 0. The number of nitrogens with zero attached hydrogens (tertiary/aromatic N) is 1. The average Bonchev–Trinajstić information content (AvgIpc) is 2.38. The van der Waals surface area contributed by atoms with Crippen molar-refractivity contribution < 1.29 is 24.0 Å². The van der Waals surface area contributed by atoms with Crippen LogP contribution in [0, 0.1) is 15.9 Å². The summed E-state index contributed by atoms with van der Waals surface area (Å²) in [5.74, 6) is -3.00. The summed E-state index contributed by atoms with van der Waals surface area (Å²) in [7, 11) is 0. The first kappa shape index (κ1) is 15.3. The van der Waals surface area contributed by atoms with Crippen molar-refractivity contribution in [3.05, 3.63) is 45.3 Å². The number of nitro groups is 1. The number of nitrogens with one attached hydrogen (secondary N) is 1. The number of carbonyl (C=O) groups is 2. The quantitative estimate of drug-likeness (QED) is 0.499. The number of hydrogen-bond acceptors (Lipinski definition) is 4. The number of hydrogen-bond donors (Lipinski definition) is 2. The zero-order valence-corrected chi connectivity index (χ0v) is 10.6. The van der Waals surface area contributed by atoms with E-state index in [-0.39, 0.29) is 16.8 Å². The molecule has 0 unspecified atom stereocenters. The van der Waals surface area contributed by atoms with Gasteiger partial charge in [0.05, 0.1) is 4.92 Å². The van der Waals surface area contributed by atoms with Crippen molar-refractivity contribution in [2.75, 3.05) is 5.32 Å². The number of benzene rings is 1. The van der Waals surface area contributed by atoms with Gasteiger partial charge in [-0.05, 0) is 26.0 Å². The fourth-order valence-corrected chi connectivity index (χ4v) is 1.29. The van der Waals surface area contributed by atoms with Gasteiger partial charge in [0.2, 0.25) is 5.82 Å². The largest absolute Gasteiger partial charge is 0.478 e. The Bertz CT molecular complexity index is 624. The standard InChI is InChI=1S/C12H11FN2O5/c1-6(7(2)12(17)18)11(16)14-8-3-4-9(13)10(5-8)15(19)20/h3-5H,1-2H3,(H,14,16)(H,17,18). The fourth-order valence-electron chi connectivity index (χ4n) is 1.29. The Kier molecular flexibility index (Phi) is 4.52. The molecule has 106 valence electrons. The van der Waals surface area contributed by atoms with Crippen molar-refractivity contribution in [1.82, 2.24) is 0 Å². The highest BCUT2D eigenvalue weighted by Gasteiger charge is 2.17. The van der Waals surface area contributed by atoms with Crippen LogP contribution in [0.25, 0.3) is 0 Å². The summed E-state index contributed by atoms with van der Waals surface area (Å²) in [5, 5.41) is 21.6. The molecule has 1 aromatic carbocycles.